The van der Waals surface area contributed by atoms with Crippen LogP contribution in [0.4, 0.5) is 4.39 Å². The molecule has 1 aliphatic rings. The molecule has 2 N–H and O–H groups in total. The number of H-pyrrole nitrogens is 1. The molecular weight excluding hydrogens is 359 g/mol. The predicted octanol–water partition coefficient (Wildman–Crippen LogP) is 1.74. The highest BCUT2D eigenvalue weighted by Gasteiger charge is 2.51. The molecule has 0 amide bonds. The lowest BCUT2D eigenvalue weighted by atomic mass is 10.1. The highest BCUT2D eigenvalue weighted by molar-refractivity contribution is 6.74. The molecule has 1 unspecified atom stereocenters. The van der Waals surface area contributed by atoms with E-state index in [0.29, 0.717) is 0 Å². The molecule has 0 aliphatic carbocycles. The van der Waals surface area contributed by atoms with Crippen LogP contribution in [0, 0.1) is 0 Å². The van der Waals surface area contributed by atoms with E-state index >= 15 is 4.39 Å². The maximum absolute atomic E-state index is 15.3. The summed E-state index contributed by atoms with van der Waals surface area (Å²) in [5, 5.41) is 9.57. The molecule has 1 saturated heterocycles. The summed E-state index contributed by atoms with van der Waals surface area (Å²) in [7, 11) is -2.27. The standard InChI is InChI=1S/C16H25FN4O4Si/c1-16(2,3)26(4,5)25-12-9(6-22)24-15(10(12)17)21-8-20-11-13(21)18-7-19-14(11)23/h7-10,12,15,22H,6H2,1-5H3,(H,18,19,23)/t9-,10-,12?,15-/m1/s1. The van der Waals surface area contributed by atoms with Gasteiger partial charge in [0.05, 0.1) is 19.3 Å². The van der Waals surface area contributed by atoms with Crippen LogP contribution < -0.4 is 5.56 Å². The number of nitrogens with one attached hydrogen (secondary N) is 1. The van der Waals surface area contributed by atoms with Crippen molar-refractivity contribution in [1.82, 2.24) is 19.5 Å². The number of aliphatic hydroxyl groups is 1. The van der Waals surface area contributed by atoms with Crippen LogP contribution in [0.25, 0.3) is 11.2 Å². The van der Waals surface area contributed by atoms with Gasteiger partial charge in [0, 0.05) is 0 Å². The summed E-state index contributed by atoms with van der Waals surface area (Å²) in [4.78, 5) is 22.3. The summed E-state index contributed by atoms with van der Waals surface area (Å²) < 4.78 is 28.6. The molecule has 4 atom stereocenters. The van der Waals surface area contributed by atoms with Crippen molar-refractivity contribution in [3.63, 3.8) is 0 Å². The molecule has 2 aromatic rings. The number of imidazole rings is 1. The minimum absolute atomic E-state index is 0.109. The topological polar surface area (TPSA) is 102 Å². The van der Waals surface area contributed by atoms with Crippen molar-refractivity contribution in [2.75, 3.05) is 6.61 Å². The Morgan fingerprint density at radius 2 is 2.12 bits per heavy atom. The van der Waals surface area contributed by atoms with Gasteiger partial charge in [-0.25, -0.2) is 14.4 Å². The molecule has 1 fully saturated rings. The molecule has 0 aromatic carbocycles. The summed E-state index contributed by atoms with van der Waals surface area (Å²) in [6, 6.07) is 0. The van der Waals surface area contributed by atoms with Crippen molar-refractivity contribution < 1.29 is 18.7 Å². The number of rotatable bonds is 4. The van der Waals surface area contributed by atoms with E-state index in [0.717, 1.165) is 0 Å². The summed E-state index contributed by atoms with van der Waals surface area (Å²) in [6.07, 6.45) is -1.74. The maximum atomic E-state index is 15.3. The van der Waals surface area contributed by atoms with Crippen molar-refractivity contribution in [2.24, 2.45) is 0 Å². The van der Waals surface area contributed by atoms with Crippen molar-refractivity contribution in [3.8, 4) is 0 Å². The Balaban J connectivity index is 1.94. The normalized spacial score (nSPS) is 27.3. The first-order valence-electron chi connectivity index (χ1n) is 8.55. The fourth-order valence-corrected chi connectivity index (χ4v) is 4.09. The van der Waals surface area contributed by atoms with Gasteiger partial charge >= 0.3 is 0 Å². The smallest absolute Gasteiger partial charge is 0.278 e. The van der Waals surface area contributed by atoms with Gasteiger partial charge < -0.3 is 19.3 Å². The van der Waals surface area contributed by atoms with Crippen molar-refractivity contribution in [3.05, 3.63) is 23.0 Å². The number of hydrogen-bond donors (Lipinski definition) is 2. The van der Waals surface area contributed by atoms with Gasteiger partial charge in [0.15, 0.2) is 31.9 Å². The number of aromatic amines is 1. The third kappa shape index (κ3) is 3.11. The SMILES string of the molecule is CC(C)(C)[Si](C)(C)OC1[C@@H](F)[C@H](n2cnc3c(=O)[nH]cnc32)O[C@@H]1CO. The van der Waals surface area contributed by atoms with E-state index in [9.17, 15) is 9.90 Å². The molecule has 144 valence electrons. The van der Waals surface area contributed by atoms with E-state index in [2.05, 4.69) is 35.7 Å². The van der Waals surface area contributed by atoms with Gasteiger partial charge in [-0.1, -0.05) is 20.8 Å². The highest BCUT2D eigenvalue weighted by atomic mass is 28.4. The third-order valence-corrected chi connectivity index (χ3v) is 9.80. The molecule has 8 nitrogen and oxygen atoms in total. The van der Waals surface area contributed by atoms with Gasteiger partial charge in [0.1, 0.15) is 12.2 Å². The van der Waals surface area contributed by atoms with Crippen molar-refractivity contribution >= 4 is 19.5 Å². The summed E-state index contributed by atoms with van der Waals surface area (Å²) in [5.41, 5.74) is -0.0707. The second-order valence-corrected chi connectivity index (χ2v) is 12.8. The van der Waals surface area contributed by atoms with Gasteiger partial charge in [0.25, 0.3) is 5.56 Å². The lowest BCUT2D eigenvalue weighted by Crippen LogP contribution is -2.49. The summed E-state index contributed by atoms with van der Waals surface area (Å²) >= 11 is 0. The number of ether oxygens (including phenoxy) is 1. The van der Waals surface area contributed by atoms with Crippen LogP contribution in [-0.4, -0.2) is 57.9 Å². The quantitative estimate of drug-likeness (QED) is 0.779. The Morgan fingerprint density at radius 3 is 2.73 bits per heavy atom. The van der Waals surface area contributed by atoms with E-state index in [4.69, 9.17) is 9.16 Å². The van der Waals surface area contributed by atoms with Gasteiger partial charge in [-0.05, 0) is 18.1 Å². The molecule has 2 aromatic heterocycles. The van der Waals surface area contributed by atoms with E-state index in [1.807, 2.05) is 13.1 Å². The van der Waals surface area contributed by atoms with Crippen molar-refractivity contribution in [1.29, 1.82) is 0 Å². The number of fused-ring (bicyclic) bond motifs is 1. The molecule has 0 saturated carbocycles. The van der Waals surface area contributed by atoms with Crippen LogP contribution in [0.5, 0.6) is 0 Å². The fraction of sp³-hybridized carbons (Fsp3) is 0.688. The van der Waals surface area contributed by atoms with Gasteiger partial charge in [-0.2, -0.15) is 0 Å². The monoisotopic (exact) mass is 384 g/mol. The number of halogens is 1. The maximum Gasteiger partial charge on any atom is 0.278 e. The van der Waals surface area contributed by atoms with Crippen LogP contribution in [0.3, 0.4) is 0 Å². The van der Waals surface area contributed by atoms with E-state index < -0.39 is 38.5 Å². The largest absolute Gasteiger partial charge is 0.408 e. The van der Waals surface area contributed by atoms with Gasteiger partial charge in [0.2, 0.25) is 0 Å². The zero-order valence-electron chi connectivity index (χ0n) is 15.6. The predicted molar refractivity (Wildman–Crippen MR) is 96.1 cm³/mol. The zero-order chi connectivity index (χ0) is 19.3. The first-order chi connectivity index (χ1) is 12.1. The van der Waals surface area contributed by atoms with Gasteiger partial charge in [-0.15, -0.1) is 0 Å². The Labute approximate surface area is 151 Å². The minimum atomic E-state index is -2.27. The van der Waals surface area contributed by atoms with Crippen LogP contribution in [0.2, 0.25) is 18.1 Å². The average Bonchev–Trinajstić information content (AvgIpc) is 3.09. The number of aliphatic hydroxyl groups excluding tert-OH is 1. The van der Waals surface area contributed by atoms with Crippen molar-refractivity contribution in [2.45, 2.75) is 63.5 Å². The summed E-state index contributed by atoms with van der Waals surface area (Å²) in [6.45, 7) is 9.87. The Morgan fingerprint density at radius 1 is 1.42 bits per heavy atom. The van der Waals surface area contributed by atoms with Crippen LogP contribution in [0.15, 0.2) is 17.4 Å². The van der Waals surface area contributed by atoms with E-state index in [1.165, 1.54) is 17.2 Å². The number of alkyl halides is 1. The van der Waals surface area contributed by atoms with E-state index in [-0.39, 0.29) is 22.8 Å². The molecule has 26 heavy (non-hydrogen) atoms. The number of nitrogens with zero attached hydrogens (tertiary/aromatic N) is 3. The molecule has 10 heteroatoms. The molecular formula is C16H25FN4O4Si. The summed E-state index contributed by atoms with van der Waals surface area (Å²) in [5.74, 6) is 0. The zero-order valence-corrected chi connectivity index (χ0v) is 16.6. The van der Waals surface area contributed by atoms with Crippen LogP contribution in [-0.2, 0) is 9.16 Å². The fourth-order valence-electron chi connectivity index (χ4n) is 2.77. The average molecular weight is 384 g/mol. The van der Waals surface area contributed by atoms with Gasteiger partial charge in [-0.3, -0.25) is 9.36 Å². The van der Waals surface area contributed by atoms with E-state index in [1.54, 1.807) is 0 Å². The Bertz CT molecular complexity index is 847. The first kappa shape index (κ1) is 19.1. The Hall–Kier alpha value is -1.62. The molecule has 3 rings (SSSR count). The second kappa shape index (κ2) is 6.52. The highest BCUT2D eigenvalue weighted by Crippen LogP contribution is 2.42. The third-order valence-electron chi connectivity index (χ3n) is 5.32. The molecule has 0 radical (unpaired) electrons. The lowest BCUT2D eigenvalue weighted by Gasteiger charge is -2.39. The lowest BCUT2D eigenvalue weighted by molar-refractivity contribution is -0.0445. The molecule has 3 heterocycles. The van der Waals surface area contributed by atoms with Crippen LogP contribution >= 0.6 is 0 Å². The second-order valence-electron chi connectivity index (χ2n) is 8.09. The molecule has 0 bridgehead atoms. The number of hydrogen-bond acceptors (Lipinski definition) is 6. The first-order valence-corrected chi connectivity index (χ1v) is 11.5. The Kier molecular flexibility index (Phi) is 4.80. The van der Waals surface area contributed by atoms with Crippen LogP contribution in [0.1, 0.15) is 27.0 Å². The molecule has 0 spiro atoms. The minimum Gasteiger partial charge on any atom is -0.408 e. The molecule has 1 aliphatic heterocycles. The number of aromatic nitrogens is 4.